The fourth-order valence-corrected chi connectivity index (χ4v) is 4.43. The molecule has 1 aromatic rings. The van der Waals surface area contributed by atoms with Crippen LogP contribution in [0.4, 0.5) is 10.5 Å². The minimum absolute atomic E-state index is 0.176. The van der Waals surface area contributed by atoms with Crippen LogP contribution >= 0.6 is 19.5 Å². The van der Waals surface area contributed by atoms with Crippen LogP contribution in [-0.4, -0.2) is 76.9 Å². The predicted molar refractivity (Wildman–Crippen MR) is 112 cm³/mol. The first-order valence-electron chi connectivity index (χ1n) is 9.13. The van der Waals surface area contributed by atoms with Gasteiger partial charge in [0, 0.05) is 12.7 Å². The van der Waals surface area contributed by atoms with Crippen molar-refractivity contribution >= 4 is 37.3 Å². The second kappa shape index (κ2) is 9.76. The number of hydrogen-bond acceptors (Lipinski definition) is 9. The number of anilines is 1. The average molecular weight is 641 g/mol. The van der Waals surface area contributed by atoms with Crippen molar-refractivity contribution in [1.82, 2.24) is 4.90 Å². The summed E-state index contributed by atoms with van der Waals surface area (Å²) in [6.07, 6.45) is -0.462. The Labute approximate surface area is 201 Å². The van der Waals surface area contributed by atoms with Crippen LogP contribution in [0.2, 0.25) is 0 Å². The maximum absolute atomic E-state index is 12.3. The summed E-state index contributed by atoms with van der Waals surface area (Å²) in [5, 5.41) is 1.62. The number of carbonyl (C=O) groups excluding carboxylic acids is 2. The van der Waals surface area contributed by atoms with E-state index in [1.807, 2.05) is 19.5 Å². The van der Waals surface area contributed by atoms with E-state index in [1.165, 1.54) is 35.5 Å². The van der Waals surface area contributed by atoms with Gasteiger partial charge in [-0.1, -0.05) is 5.92 Å². The van der Waals surface area contributed by atoms with Gasteiger partial charge in [-0.25, -0.2) is 19.5 Å². The van der Waals surface area contributed by atoms with Crippen molar-refractivity contribution in [2.75, 3.05) is 47.2 Å². The topological polar surface area (TPSA) is 95.8 Å². The van der Waals surface area contributed by atoms with Gasteiger partial charge in [0.15, 0.2) is 5.79 Å². The van der Waals surface area contributed by atoms with E-state index in [4.69, 9.17) is 28.5 Å². The second-order valence-electron chi connectivity index (χ2n) is 6.92. The summed E-state index contributed by atoms with van der Waals surface area (Å²) in [5.74, 6) is -1.83. The van der Waals surface area contributed by atoms with Crippen molar-refractivity contribution < 1.29 is 53.7 Å². The predicted octanol–water partition coefficient (Wildman–Crippen LogP) is 2.18. The Hall–Kier alpha value is -1.17. The molecule has 0 N–H and O–H groups in total. The van der Waals surface area contributed by atoms with E-state index < -0.39 is 23.8 Å². The number of hydroxylamine groups is 1. The number of ether oxygens (including phenoxy) is 5. The summed E-state index contributed by atoms with van der Waals surface area (Å²) >= 11 is 4.72. The average Bonchev–Trinajstić information content (AvgIpc) is 3.55. The van der Waals surface area contributed by atoms with Crippen molar-refractivity contribution in [1.29, 1.82) is 0 Å². The summed E-state index contributed by atoms with van der Waals surface area (Å²) in [4.78, 5) is 32.3. The van der Waals surface area contributed by atoms with Crippen LogP contribution in [0.5, 0.6) is 5.75 Å². The molecule has 0 spiro atoms. The standard InChI is InChI=1S/C19H23N2O8.HI.Pd/c1-24-9-11-15-12(6-10(17(22)26-3)7-14(15)25-2)20-8-13-16(19(11,28-5)29-20)21(13)18(23)27-4;;/h6-7,9,11,13,16H,8H2,1-5H3;1H;/q-1;;+2/p-1/t11?,13-,16-,19?,21?;;/m0../s1. The van der Waals surface area contributed by atoms with Gasteiger partial charge in [0.1, 0.15) is 11.8 Å². The van der Waals surface area contributed by atoms with Gasteiger partial charge in [0.2, 0.25) is 0 Å². The van der Waals surface area contributed by atoms with Gasteiger partial charge in [-0.15, -0.1) is 0 Å². The molecular weight excluding hydrogens is 618 g/mol. The van der Waals surface area contributed by atoms with Crippen molar-refractivity contribution in [3.8, 4) is 5.75 Å². The SMILES string of the molecule is CO[CH-]C1c2c(OC)cc(C(=O)OC)cc2N2C[C@H]3[C@H](N3C(=O)OC)C1(OC)O2.[Pd+][I]. The molecule has 0 aliphatic carbocycles. The Kier molecular flexibility index (Phi) is 7.71. The van der Waals surface area contributed by atoms with E-state index in [-0.39, 0.29) is 12.1 Å². The van der Waals surface area contributed by atoms with Gasteiger partial charge < -0.3 is 23.7 Å². The second-order valence-corrected chi connectivity index (χ2v) is 6.92. The minimum atomic E-state index is -1.24. The molecule has 174 valence electrons. The van der Waals surface area contributed by atoms with Crippen molar-refractivity contribution in [2.45, 2.75) is 23.8 Å². The monoisotopic (exact) mass is 640 g/mol. The number of amides is 1. The van der Waals surface area contributed by atoms with Crippen LogP contribution in [-0.2, 0) is 39.4 Å². The quantitative estimate of drug-likeness (QED) is 0.158. The van der Waals surface area contributed by atoms with Crippen LogP contribution in [0.3, 0.4) is 0 Å². The Balaban J connectivity index is 0.00000132. The van der Waals surface area contributed by atoms with E-state index in [2.05, 4.69) is 15.6 Å². The molecule has 3 aliphatic heterocycles. The molecule has 1 amide bonds. The Morgan fingerprint density at radius 3 is 2.45 bits per heavy atom. The molecule has 0 aromatic heterocycles. The number of fused-ring (bicyclic) bond motifs is 6. The van der Waals surface area contributed by atoms with E-state index in [9.17, 15) is 9.59 Å². The third-order valence-electron chi connectivity index (χ3n) is 5.70. The first-order chi connectivity index (χ1) is 15.0. The van der Waals surface area contributed by atoms with Crippen molar-refractivity contribution in [3.05, 3.63) is 29.9 Å². The number of methoxy groups -OCH3 is 5. The normalized spacial score (nSPS) is 27.3. The fraction of sp³-hybridized carbons (Fsp3) is 0.526. The van der Waals surface area contributed by atoms with Gasteiger partial charge >= 0.3 is 47.2 Å². The van der Waals surface area contributed by atoms with Crippen LogP contribution in [0.1, 0.15) is 21.8 Å². The molecule has 3 heterocycles. The summed E-state index contributed by atoms with van der Waals surface area (Å²) in [6, 6.07) is 2.73. The third-order valence-corrected chi connectivity index (χ3v) is 5.70. The molecule has 2 saturated heterocycles. The number of nitrogens with zero attached hydrogens (tertiary/aromatic N) is 2. The Morgan fingerprint density at radius 2 is 1.90 bits per heavy atom. The van der Waals surface area contributed by atoms with E-state index in [0.29, 0.717) is 23.5 Å². The molecule has 1 aromatic carbocycles. The van der Waals surface area contributed by atoms with Gasteiger partial charge in [-0.2, -0.15) is 6.61 Å². The Bertz CT molecular complexity index is 858. The van der Waals surface area contributed by atoms with Gasteiger partial charge in [-0.05, 0) is 19.2 Å². The summed E-state index contributed by atoms with van der Waals surface area (Å²) in [6.45, 7) is 1.96. The number of esters is 1. The maximum atomic E-state index is 12.3. The van der Waals surface area contributed by atoms with E-state index in [0.717, 1.165) is 5.56 Å². The summed E-state index contributed by atoms with van der Waals surface area (Å²) in [7, 11) is 7.20. The summed E-state index contributed by atoms with van der Waals surface area (Å²) in [5.41, 5.74) is 1.66. The number of halogens is 1. The van der Waals surface area contributed by atoms with Crippen LogP contribution in [0, 0.1) is 6.61 Å². The number of rotatable bonds is 5. The van der Waals surface area contributed by atoms with E-state index in [1.54, 1.807) is 28.7 Å². The zero-order valence-electron chi connectivity index (χ0n) is 17.5. The summed E-state index contributed by atoms with van der Waals surface area (Å²) < 4.78 is 26.6. The molecular formula is C19H23IN2O8Pd. The molecule has 10 nitrogen and oxygen atoms in total. The van der Waals surface area contributed by atoms with Gasteiger partial charge in [0.05, 0.1) is 45.2 Å². The number of benzene rings is 1. The molecule has 0 saturated carbocycles. The fourth-order valence-electron chi connectivity index (χ4n) is 4.43. The zero-order valence-corrected chi connectivity index (χ0v) is 21.2. The van der Waals surface area contributed by atoms with Crippen molar-refractivity contribution in [2.24, 2.45) is 0 Å². The van der Waals surface area contributed by atoms with Gasteiger partial charge in [-0.3, -0.25) is 4.90 Å². The molecule has 4 rings (SSSR count). The molecule has 2 unspecified atom stereocenters. The number of hydrogen-bond donors (Lipinski definition) is 0. The molecule has 0 radical (unpaired) electrons. The van der Waals surface area contributed by atoms with Crippen LogP contribution < -0.4 is 9.80 Å². The van der Waals surface area contributed by atoms with E-state index >= 15 is 0 Å². The van der Waals surface area contributed by atoms with Gasteiger partial charge in [0.25, 0.3) is 0 Å². The van der Waals surface area contributed by atoms with Crippen LogP contribution in [0.25, 0.3) is 0 Å². The molecule has 4 atom stereocenters. The zero-order chi connectivity index (χ0) is 22.9. The van der Waals surface area contributed by atoms with Crippen LogP contribution in [0.15, 0.2) is 12.1 Å². The molecule has 12 heteroatoms. The molecule has 31 heavy (non-hydrogen) atoms. The van der Waals surface area contributed by atoms with Crippen molar-refractivity contribution in [3.63, 3.8) is 0 Å². The third kappa shape index (κ3) is 3.81. The first-order valence-corrected chi connectivity index (χ1v) is 13.8. The number of carbonyl (C=O) groups is 2. The molecule has 3 aliphatic rings. The Morgan fingerprint density at radius 1 is 1.19 bits per heavy atom. The molecule has 2 bridgehead atoms. The first kappa shape index (κ1) is 24.5. The molecule has 2 fully saturated rings.